The van der Waals surface area contributed by atoms with Crippen molar-refractivity contribution in [1.82, 2.24) is 10.3 Å². The average Bonchev–Trinajstić information content (AvgIpc) is 2.75. The monoisotopic (exact) mass is 389 g/mol. The smallest absolute Gasteiger partial charge is 0.274 e. The van der Waals surface area contributed by atoms with Crippen molar-refractivity contribution >= 4 is 17.5 Å². The van der Waals surface area contributed by atoms with E-state index in [4.69, 9.17) is 4.74 Å². The minimum atomic E-state index is -0.358. The lowest BCUT2D eigenvalue weighted by Crippen LogP contribution is -2.27. The predicted molar refractivity (Wildman–Crippen MR) is 112 cm³/mol. The lowest BCUT2D eigenvalue weighted by molar-refractivity contribution is 0.0949. The summed E-state index contributed by atoms with van der Waals surface area (Å²) in [5.41, 5.74) is 3.06. The van der Waals surface area contributed by atoms with Gasteiger partial charge in [0.2, 0.25) is 0 Å². The van der Waals surface area contributed by atoms with Crippen molar-refractivity contribution in [1.29, 1.82) is 0 Å². The molecule has 3 rings (SSSR count). The van der Waals surface area contributed by atoms with Crippen LogP contribution in [-0.2, 0) is 6.42 Å². The van der Waals surface area contributed by atoms with Gasteiger partial charge in [-0.1, -0.05) is 42.5 Å². The molecule has 2 aromatic carbocycles. The molecule has 0 spiro atoms. The van der Waals surface area contributed by atoms with Crippen LogP contribution in [-0.4, -0.2) is 30.5 Å². The maximum Gasteiger partial charge on any atom is 0.274 e. The van der Waals surface area contributed by atoms with E-state index in [0.29, 0.717) is 18.7 Å². The number of carbonyl (C=O) groups is 2. The summed E-state index contributed by atoms with van der Waals surface area (Å²) in [5.74, 6) is 0.100. The number of nitrogens with one attached hydrogen (secondary N) is 2. The van der Waals surface area contributed by atoms with Crippen LogP contribution in [0.1, 0.15) is 32.1 Å². The zero-order chi connectivity index (χ0) is 20.6. The molecule has 0 bridgehead atoms. The van der Waals surface area contributed by atoms with Gasteiger partial charge in [0.15, 0.2) is 0 Å². The minimum Gasteiger partial charge on any atom is -0.496 e. The Morgan fingerprint density at radius 1 is 0.897 bits per heavy atom. The van der Waals surface area contributed by atoms with Gasteiger partial charge < -0.3 is 15.4 Å². The number of ether oxygens (including phenoxy) is 1. The van der Waals surface area contributed by atoms with E-state index in [0.717, 1.165) is 16.9 Å². The van der Waals surface area contributed by atoms with E-state index in [-0.39, 0.29) is 23.2 Å². The van der Waals surface area contributed by atoms with Crippen LogP contribution in [0, 0.1) is 6.92 Å². The molecule has 0 saturated heterocycles. The molecule has 0 aliphatic carbocycles. The molecule has 6 heteroatoms. The molecule has 0 unspecified atom stereocenters. The van der Waals surface area contributed by atoms with E-state index >= 15 is 0 Å². The highest BCUT2D eigenvalue weighted by atomic mass is 16.5. The molecule has 0 saturated carbocycles. The van der Waals surface area contributed by atoms with Crippen LogP contribution in [0.5, 0.6) is 5.75 Å². The first-order chi connectivity index (χ1) is 14.1. The van der Waals surface area contributed by atoms with Crippen LogP contribution in [0.3, 0.4) is 0 Å². The standard InChI is InChI=1S/C23H23N3O3/c1-16-8-3-5-10-18(16)26-23(28)20-12-7-11-19(25-20)22(27)24-15-14-17-9-4-6-13-21(17)29-2/h3-13H,14-15H2,1-2H3,(H,24,27)(H,26,28). The number of hydrogen-bond donors (Lipinski definition) is 2. The van der Waals surface area contributed by atoms with Crippen LogP contribution in [0.2, 0.25) is 0 Å². The molecule has 3 aromatic rings. The van der Waals surface area contributed by atoms with Gasteiger partial charge in [-0.25, -0.2) is 4.98 Å². The average molecular weight is 389 g/mol. The maximum atomic E-state index is 12.5. The number of carbonyl (C=O) groups excluding carboxylic acids is 2. The Morgan fingerprint density at radius 2 is 1.59 bits per heavy atom. The van der Waals surface area contributed by atoms with Gasteiger partial charge in [0, 0.05) is 12.2 Å². The van der Waals surface area contributed by atoms with Gasteiger partial charge in [0.1, 0.15) is 17.1 Å². The highest BCUT2D eigenvalue weighted by molar-refractivity contribution is 6.04. The highest BCUT2D eigenvalue weighted by Gasteiger charge is 2.13. The molecule has 0 fully saturated rings. The Balaban J connectivity index is 1.62. The molecule has 148 valence electrons. The lowest BCUT2D eigenvalue weighted by Gasteiger charge is -2.10. The first-order valence-electron chi connectivity index (χ1n) is 9.32. The molecule has 0 aliphatic rings. The van der Waals surface area contributed by atoms with Gasteiger partial charge in [-0.2, -0.15) is 0 Å². The zero-order valence-electron chi connectivity index (χ0n) is 16.4. The fraction of sp³-hybridized carbons (Fsp3) is 0.174. The van der Waals surface area contributed by atoms with Crippen LogP contribution < -0.4 is 15.4 Å². The van der Waals surface area contributed by atoms with Crippen molar-refractivity contribution < 1.29 is 14.3 Å². The van der Waals surface area contributed by atoms with E-state index in [1.54, 1.807) is 25.3 Å². The Kier molecular flexibility index (Phi) is 6.58. The molecule has 2 N–H and O–H groups in total. The molecule has 0 atom stereocenters. The second-order valence-electron chi connectivity index (χ2n) is 6.49. The first kappa shape index (κ1) is 20.1. The number of para-hydroxylation sites is 2. The Bertz CT molecular complexity index is 1020. The van der Waals surface area contributed by atoms with Crippen LogP contribution in [0.15, 0.2) is 66.7 Å². The van der Waals surface area contributed by atoms with Crippen molar-refractivity contribution in [2.75, 3.05) is 19.0 Å². The molecular formula is C23H23N3O3. The number of nitrogens with zero attached hydrogens (tertiary/aromatic N) is 1. The largest absolute Gasteiger partial charge is 0.496 e. The van der Waals surface area contributed by atoms with E-state index in [9.17, 15) is 9.59 Å². The number of methoxy groups -OCH3 is 1. The van der Waals surface area contributed by atoms with Crippen LogP contribution >= 0.6 is 0 Å². The van der Waals surface area contributed by atoms with Gasteiger partial charge in [0.05, 0.1) is 7.11 Å². The zero-order valence-corrected chi connectivity index (χ0v) is 16.4. The van der Waals surface area contributed by atoms with Crippen LogP contribution in [0.25, 0.3) is 0 Å². The van der Waals surface area contributed by atoms with E-state index in [1.807, 2.05) is 55.5 Å². The van der Waals surface area contributed by atoms with Gasteiger partial charge >= 0.3 is 0 Å². The molecule has 6 nitrogen and oxygen atoms in total. The Labute approximate surface area is 169 Å². The lowest BCUT2D eigenvalue weighted by atomic mass is 10.1. The normalized spacial score (nSPS) is 10.3. The number of hydrogen-bond acceptors (Lipinski definition) is 4. The molecular weight excluding hydrogens is 366 g/mol. The summed E-state index contributed by atoms with van der Waals surface area (Å²) in [6.45, 7) is 2.34. The van der Waals surface area contributed by atoms with Crippen LogP contribution in [0.4, 0.5) is 5.69 Å². The molecule has 1 heterocycles. The number of aryl methyl sites for hydroxylation is 1. The van der Waals surface area contributed by atoms with E-state index < -0.39 is 0 Å². The number of rotatable bonds is 7. The Hall–Kier alpha value is -3.67. The maximum absolute atomic E-state index is 12.5. The third-order valence-electron chi connectivity index (χ3n) is 4.48. The summed E-state index contributed by atoms with van der Waals surface area (Å²) >= 11 is 0. The number of amides is 2. The fourth-order valence-electron chi connectivity index (χ4n) is 2.90. The predicted octanol–water partition coefficient (Wildman–Crippen LogP) is 3.62. The Morgan fingerprint density at radius 3 is 2.34 bits per heavy atom. The van der Waals surface area contributed by atoms with Crippen molar-refractivity contribution in [3.63, 3.8) is 0 Å². The highest BCUT2D eigenvalue weighted by Crippen LogP contribution is 2.17. The van der Waals surface area contributed by atoms with Crippen molar-refractivity contribution in [3.8, 4) is 5.75 Å². The third-order valence-corrected chi connectivity index (χ3v) is 4.48. The van der Waals surface area contributed by atoms with Gasteiger partial charge in [-0.05, 0) is 48.7 Å². The topological polar surface area (TPSA) is 80.3 Å². The number of aromatic nitrogens is 1. The SMILES string of the molecule is COc1ccccc1CCNC(=O)c1cccc(C(=O)Nc2ccccc2C)n1. The molecule has 0 aliphatic heterocycles. The summed E-state index contributed by atoms with van der Waals surface area (Å²) in [6, 6.07) is 20.0. The molecule has 29 heavy (non-hydrogen) atoms. The molecule has 1 aromatic heterocycles. The summed E-state index contributed by atoms with van der Waals surface area (Å²) in [6.07, 6.45) is 0.628. The molecule has 0 radical (unpaired) electrons. The number of anilines is 1. The van der Waals surface area contributed by atoms with Gasteiger partial charge in [-0.3, -0.25) is 9.59 Å². The van der Waals surface area contributed by atoms with Crippen molar-refractivity contribution in [2.24, 2.45) is 0 Å². The second kappa shape index (κ2) is 9.50. The number of pyridine rings is 1. The van der Waals surface area contributed by atoms with E-state index in [2.05, 4.69) is 15.6 Å². The fourth-order valence-corrected chi connectivity index (χ4v) is 2.90. The minimum absolute atomic E-state index is 0.186. The first-order valence-corrected chi connectivity index (χ1v) is 9.32. The van der Waals surface area contributed by atoms with Crippen molar-refractivity contribution in [2.45, 2.75) is 13.3 Å². The van der Waals surface area contributed by atoms with E-state index in [1.165, 1.54) is 0 Å². The second-order valence-corrected chi connectivity index (χ2v) is 6.49. The summed E-state index contributed by atoms with van der Waals surface area (Å²) in [7, 11) is 1.62. The summed E-state index contributed by atoms with van der Waals surface area (Å²) < 4.78 is 5.32. The summed E-state index contributed by atoms with van der Waals surface area (Å²) in [5, 5.41) is 5.66. The third kappa shape index (κ3) is 5.19. The van der Waals surface area contributed by atoms with Gasteiger partial charge in [0.25, 0.3) is 11.8 Å². The quantitative estimate of drug-likeness (QED) is 0.647. The summed E-state index contributed by atoms with van der Waals surface area (Å²) in [4.78, 5) is 29.1. The van der Waals surface area contributed by atoms with Gasteiger partial charge in [-0.15, -0.1) is 0 Å². The molecule has 2 amide bonds. The van der Waals surface area contributed by atoms with Crippen molar-refractivity contribution in [3.05, 3.63) is 89.2 Å². The number of benzene rings is 2.